The molecule has 1 N–H and O–H groups in total. The zero-order chi connectivity index (χ0) is 17.8. The molecule has 6 nitrogen and oxygen atoms in total. The fourth-order valence-electron chi connectivity index (χ4n) is 2.97. The van der Waals surface area contributed by atoms with Gasteiger partial charge < -0.3 is 14.8 Å². The highest BCUT2D eigenvalue weighted by molar-refractivity contribution is 5.51. The summed E-state index contributed by atoms with van der Waals surface area (Å²) in [7, 11) is 0. The number of fused-ring (bicyclic) bond motifs is 2. The number of ether oxygens (including phenoxy) is 2. The Kier molecular flexibility index (Phi) is 4.64. The van der Waals surface area contributed by atoms with Crippen LogP contribution in [0.25, 0.3) is 0 Å². The van der Waals surface area contributed by atoms with Crippen molar-refractivity contribution in [2.24, 2.45) is 0 Å². The summed E-state index contributed by atoms with van der Waals surface area (Å²) in [5, 5.41) is 3.40. The first kappa shape index (κ1) is 16.3. The summed E-state index contributed by atoms with van der Waals surface area (Å²) in [5.41, 5.74) is 3.13. The number of rotatable bonds is 5. The molecule has 6 heteroatoms. The van der Waals surface area contributed by atoms with E-state index in [2.05, 4.69) is 26.3 Å². The minimum atomic E-state index is -0.0286. The lowest BCUT2D eigenvalue weighted by Gasteiger charge is -2.17. The van der Waals surface area contributed by atoms with Gasteiger partial charge in [-0.05, 0) is 30.7 Å². The topological polar surface area (TPSA) is 69.2 Å². The molecule has 1 aliphatic heterocycles. The third-order valence-electron chi connectivity index (χ3n) is 4.27. The number of hydrogen-bond acceptors (Lipinski definition) is 6. The van der Waals surface area contributed by atoms with Gasteiger partial charge in [-0.2, -0.15) is 0 Å². The molecule has 2 aromatic heterocycles. The Morgan fingerprint density at radius 2 is 2.12 bits per heavy atom. The van der Waals surface area contributed by atoms with E-state index in [1.165, 1.54) is 0 Å². The molecule has 0 saturated heterocycles. The van der Waals surface area contributed by atoms with Crippen molar-refractivity contribution in [3.05, 3.63) is 71.9 Å². The monoisotopic (exact) mass is 348 g/mol. The molecule has 1 atom stereocenters. The Morgan fingerprint density at radius 1 is 1.19 bits per heavy atom. The molecule has 1 aliphatic rings. The molecule has 0 aliphatic carbocycles. The second-order valence-electron chi connectivity index (χ2n) is 6.22. The van der Waals surface area contributed by atoms with Crippen molar-refractivity contribution in [1.82, 2.24) is 15.0 Å². The van der Waals surface area contributed by atoms with Gasteiger partial charge in [-0.25, -0.2) is 9.97 Å². The van der Waals surface area contributed by atoms with Gasteiger partial charge in [-0.3, -0.25) is 4.98 Å². The third-order valence-corrected chi connectivity index (χ3v) is 4.27. The number of pyridine rings is 1. The molecule has 0 saturated carbocycles. The molecule has 26 heavy (non-hydrogen) atoms. The van der Waals surface area contributed by atoms with Crippen molar-refractivity contribution in [1.29, 1.82) is 0 Å². The number of aromatic nitrogens is 3. The van der Waals surface area contributed by atoms with Crippen molar-refractivity contribution in [2.75, 3.05) is 11.9 Å². The summed E-state index contributed by atoms with van der Waals surface area (Å²) in [6.07, 6.45) is 5.73. The highest BCUT2D eigenvalue weighted by Gasteiger charge is 2.19. The Balaban J connectivity index is 1.48. The highest BCUT2D eigenvalue weighted by Crippen LogP contribution is 2.30. The maximum absolute atomic E-state index is 5.88. The van der Waals surface area contributed by atoms with E-state index >= 15 is 0 Å². The van der Waals surface area contributed by atoms with Crippen LogP contribution in [0.3, 0.4) is 0 Å². The van der Waals surface area contributed by atoms with Gasteiger partial charge >= 0.3 is 0 Å². The van der Waals surface area contributed by atoms with E-state index in [4.69, 9.17) is 9.47 Å². The number of benzene rings is 1. The average Bonchev–Trinajstić information content (AvgIpc) is 2.87. The van der Waals surface area contributed by atoms with Crippen LogP contribution >= 0.6 is 0 Å². The van der Waals surface area contributed by atoms with Crippen LogP contribution < -0.4 is 14.8 Å². The zero-order valence-corrected chi connectivity index (χ0v) is 14.6. The van der Waals surface area contributed by atoms with E-state index in [0.717, 1.165) is 40.6 Å². The van der Waals surface area contributed by atoms with Crippen molar-refractivity contribution in [2.45, 2.75) is 26.1 Å². The fraction of sp³-hybridized carbons (Fsp3) is 0.250. The molecule has 0 amide bonds. The minimum absolute atomic E-state index is 0.0286. The van der Waals surface area contributed by atoms with Crippen LogP contribution in [0.1, 0.15) is 23.7 Å². The Hall–Kier alpha value is -3.15. The third kappa shape index (κ3) is 3.59. The summed E-state index contributed by atoms with van der Waals surface area (Å²) >= 11 is 0. The van der Waals surface area contributed by atoms with Crippen LogP contribution in [0, 0.1) is 0 Å². The lowest BCUT2D eigenvalue weighted by atomic mass is 10.0. The molecule has 132 valence electrons. The SMILES string of the molecule is CC(CNc1ncnc2c1Cc1ccccc1OC2)Oc1cccnc1. The maximum atomic E-state index is 5.88. The van der Waals surface area contributed by atoms with Crippen LogP contribution in [0.5, 0.6) is 11.5 Å². The first-order valence-electron chi connectivity index (χ1n) is 8.63. The zero-order valence-electron chi connectivity index (χ0n) is 14.6. The number of nitrogens with one attached hydrogen (secondary N) is 1. The maximum Gasteiger partial charge on any atom is 0.138 e. The summed E-state index contributed by atoms with van der Waals surface area (Å²) in [4.78, 5) is 12.9. The molecule has 0 radical (unpaired) electrons. The molecule has 1 aromatic carbocycles. The Labute approximate surface area is 152 Å². The van der Waals surface area contributed by atoms with Crippen molar-refractivity contribution in [3.8, 4) is 11.5 Å². The van der Waals surface area contributed by atoms with Gasteiger partial charge in [0.15, 0.2) is 0 Å². The summed E-state index contributed by atoms with van der Waals surface area (Å²) in [6.45, 7) is 3.09. The van der Waals surface area contributed by atoms with E-state index in [1.807, 2.05) is 37.3 Å². The van der Waals surface area contributed by atoms with E-state index in [0.29, 0.717) is 13.2 Å². The number of nitrogens with zero attached hydrogens (tertiary/aromatic N) is 3. The van der Waals surface area contributed by atoms with E-state index in [-0.39, 0.29) is 6.10 Å². The Morgan fingerprint density at radius 3 is 3.00 bits per heavy atom. The lowest BCUT2D eigenvalue weighted by molar-refractivity contribution is 0.233. The molecular weight excluding hydrogens is 328 g/mol. The second-order valence-corrected chi connectivity index (χ2v) is 6.22. The lowest BCUT2D eigenvalue weighted by Crippen LogP contribution is -2.24. The van der Waals surface area contributed by atoms with Gasteiger partial charge in [-0.15, -0.1) is 0 Å². The van der Waals surface area contributed by atoms with Crippen LogP contribution in [0.15, 0.2) is 55.1 Å². The van der Waals surface area contributed by atoms with Crippen molar-refractivity contribution < 1.29 is 9.47 Å². The first-order valence-corrected chi connectivity index (χ1v) is 8.63. The van der Waals surface area contributed by atoms with Crippen LogP contribution in [-0.4, -0.2) is 27.6 Å². The van der Waals surface area contributed by atoms with Crippen LogP contribution in [0.4, 0.5) is 5.82 Å². The molecule has 0 fully saturated rings. The molecule has 3 aromatic rings. The standard InChI is InChI=1S/C20H20N4O2/c1-14(26-16-6-4-8-21-11-16)10-22-20-17-9-15-5-2-3-7-19(15)25-12-18(17)23-13-24-20/h2-8,11,13-14H,9-10,12H2,1H3,(H,22,23,24). The predicted octanol–water partition coefficient (Wildman–Crippen LogP) is 3.23. The highest BCUT2D eigenvalue weighted by atomic mass is 16.5. The molecular formula is C20H20N4O2. The van der Waals surface area contributed by atoms with Crippen LogP contribution in [-0.2, 0) is 13.0 Å². The molecule has 3 heterocycles. The van der Waals surface area contributed by atoms with Gasteiger partial charge in [0, 0.05) is 18.2 Å². The van der Waals surface area contributed by atoms with E-state index < -0.39 is 0 Å². The van der Waals surface area contributed by atoms with E-state index in [9.17, 15) is 0 Å². The van der Waals surface area contributed by atoms with Gasteiger partial charge in [0.25, 0.3) is 0 Å². The van der Waals surface area contributed by atoms with E-state index in [1.54, 1.807) is 18.7 Å². The molecule has 0 bridgehead atoms. The van der Waals surface area contributed by atoms with Crippen molar-refractivity contribution >= 4 is 5.82 Å². The van der Waals surface area contributed by atoms with Crippen molar-refractivity contribution in [3.63, 3.8) is 0 Å². The average molecular weight is 348 g/mol. The van der Waals surface area contributed by atoms with Gasteiger partial charge in [0.1, 0.15) is 36.4 Å². The van der Waals surface area contributed by atoms with Gasteiger partial charge in [0.05, 0.1) is 18.4 Å². The Bertz CT molecular complexity index is 886. The van der Waals surface area contributed by atoms with Gasteiger partial charge in [-0.1, -0.05) is 18.2 Å². The molecule has 0 spiro atoms. The molecule has 4 rings (SSSR count). The largest absolute Gasteiger partial charge is 0.487 e. The fourth-order valence-corrected chi connectivity index (χ4v) is 2.97. The smallest absolute Gasteiger partial charge is 0.138 e. The number of para-hydroxylation sites is 1. The number of hydrogen-bond donors (Lipinski definition) is 1. The quantitative estimate of drug-likeness (QED) is 0.763. The summed E-state index contributed by atoms with van der Waals surface area (Å²) < 4.78 is 11.8. The minimum Gasteiger partial charge on any atom is -0.487 e. The summed E-state index contributed by atoms with van der Waals surface area (Å²) in [5.74, 6) is 2.49. The normalized spacial score (nSPS) is 13.6. The second kappa shape index (κ2) is 7.39. The predicted molar refractivity (Wildman–Crippen MR) is 98.4 cm³/mol. The summed E-state index contributed by atoms with van der Waals surface area (Å²) in [6, 6.07) is 11.8. The molecule has 1 unspecified atom stereocenters. The van der Waals surface area contributed by atoms with Gasteiger partial charge in [0.2, 0.25) is 0 Å². The number of anilines is 1. The first-order chi connectivity index (χ1) is 12.8. The van der Waals surface area contributed by atoms with Crippen LogP contribution in [0.2, 0.25) is 0 Å².